The molecule has 4 heteroatoms. The lowest BCUT2D eigenvalue weighted by Crippen LogP contribution is -2.27. The van der Waals surface area contributed by atoms with Crippen LogP contribution in [0.2, 0.25) is 0 Å². The van der Waals surface area contributed by atoms with Crippen molar-refractivity contribution in [2.24, 2.45) is 0 Å². The average Bonchev–Trinajstić information content (AvgIpc) is 2.91. The van der Waals surface area contributed by atoms with Gasteiger partial charge >= 0.3 is 0 Å². The molecule has 2 aromatic carbocycles. The van der Waals surface area contributed by atoms with Crippen LogP contribution in [0, 0.1) is 0 Å². The summed E-state index contributed by atoms with van der Waals surface area (Å²) in [5.74, 6) is 0.0536. The van der Waals surface area contributed by atoms with Gasteiger partial charge in [0.15, 0.2) is 0 Å². The number of aromatic nitrogens is 1. The Bertz CT molecular complexity index is 794. The number of rotatable bonds is 5. The minimum absolute atomic E-state index is 0.0536. The quantitative estimate of drug-likeness (QED) is 0.716. The van der Waals surface area contributed by atoms with Crippen molar-refractivity contribution < 1.29 is 4.79 Å². The van der Waals surface area contributed by atoms with E-state index in [0.29, 0.717) is 13.0 Å². The molecule has 3 rings (SSSR count). The molecule has 0 spiro atoms. The molecule has 22 heavy (non-hydrogen) atoms. The second kappa shape index (κ2) is 6.79. The van der Waals surface area contributed by atoms with Crippen molar-refractivity contribution in [1.29, 1.82) is 0 Å². The van der Waals surface area contributed by atoms with Gasteiger partial charge in [0.2, 0.25) is 5.91 Å². The van der Waals surface area contributed by atoms with E-state index in [1.807, 2.05) is 42.6 Å². The highest BCUT2D eigenvalue weighted by Gasteiger charge is 2.05. The molecule has 0 saturated carbocycles. The van der Waals surface area contributed by atoms with Crippen molar-refractivity contribution in [2.45, 2.75) is 12.8 Å². The Morgan fingerprint density at radius 2 is 2.00 bits per heavy atom. The van der Waals surface area contributed by atoms with Gasteiger partial charge in [-0.2, -0.15) is 0 Å². The first-order valence-corrected chi connectivity index (χ1v) is 8.08. The van der Waals surface area contributed by atoms with E-state index in [-0.39, 0.29) is 5.91 Å². The van der Waals surface area contributed by atoms with Crippen LogP contribution in [0.25, 0.3) is 10.9 Å². The van der Waals surface area contributed by atoms with Gasteiger partial charge in [-0.05, 0) is 35.7 Å². The maximum absolute atomic E-state index is 12.0. The van der Waals surface area contributed by atoms with Gasteiger partial charge in [-0.1, -0.05) is 46.3 Å². The third kappa shape index (κ3) is 3.57. The van der Waals surface area contributed by atoms with E-state index in [4.69, 9.17) is 0 Å². The molecule has 3 nitrogen and oxygen atoms in total. The van der Waals surface area contributed by atoms with E-state index < -0.39 is 0 Å². The third-order valence-corrected chi connectivity index (χ3v) is 4.14. The fourth-order valence-electron chi connectivity index (χ4n) is 2.57. The molecule has 1 heterocycles. The first-order chi connectivity index (χ1) is 10.7. The van der Waals surface area contributed by atoms with E-state index in [2.05, 4.69) is 38.4 Å². The summed E-state index contributed by atoms with van der Waals surface area (Å²) < 4.78 is 0.997. The number of carbonyl (C=O) groups excluding carboxylic acids is 1. The lowest BCUT2D eigenvalue weighted by molar-refractivity contribution is -0.120. The van der Waals surface area contributed by atoms with Crippen molar-refractivity contribution in [1.82, 2.24) is 10.3 Å². The van der Waals surface area contributed by atoms with Crippen LogP contribution in [0.3, 0.4) is 0 Å². The summed E-state index contributed by atoms with van der Waals surface area (Å²) >= 11 is 3.42. The fourth-order valence-corrected chi connectivity index (χ4v) is 3.02. The topological polar surface area (TPSA) is 44.9 Å². The number of benzene rings is 2. The molecule has 2 N–H and O–H groups in total. The van der Waals surface area contributed by atoms with E-state index in [1.165, 1.54) is 10.9 Å². The Morgan fingerprint density at radius 1 is 1.14 bits per heavy atom. The predicted octanol–water partition coefficient (Wildman–Crippen LogP) is 3.83. The van der Waals surface area contributed by atoms with Gasteiger partial charge in [-0.15, -0.1) is 0 Å². The Kier molecular flexibility index (Phi) is 4.59. The summed E-state index contributed by atoms with van der Waals surface area (Å²) in [5, 5.41) is 4.21. The van der Waals surface area contributed by atoms with E-state index in [1.54, 1.807) is 0 Å². The fraction of sp³-hybridized carbons (Fsp3) is 0.167. The number of nitrogens with one attached hydrogen (secondary N) is 2. The molecule has 1 amide bonds. The van der Waals surface area contributed by atoms with Crippen LogP contribution in [0.15, 0.2) is 59.2 Å². The molecular weight excluding hydrogens is 340 g/mol. The zero-order chi connectivity index (χ0) is 15.4. The van der Waals surface area contributed by atoms with Crippen LogP contribution in [-0.4, -0.2) is 17.4 Å². The molecule has 0 bridgehead atoms. The second-order valence-corrected chi connectivity index (χ2v) is 6.18. The number of carbonyl (C=O) groups is 1. The van der Waals surface area contributed by atoms with E-state index in [9.17, 15) is 4.79 Å². The molecule has 0 aliphatic heterocycles. The SMILES string of the molecule is O=C(Cc1cccc(Br)c1)NCCc1c[nH]c2ccccc12. The molecule has 3 aromatic rings. The van der Waals surface area contributed by atoms with Gasteiger partial charge in [-0.3, -0.25) is 4.79 Å². The molecule has 1 aromatic heterocycles. The van der Waals surface area contributed by atoms with Gasteiger partial charge < -0.3 is 10.3 Å². The average molecular weight is 357 g/mol. The summed E-state index contributed by atoms with van der Waals surface area (Å²) in [5.41, 5.74) is 3.38. The highest BCUT2D eigenvalue weighted by molar-refractivity contribution is 9.10. The van der Waals surface area contributed by atoms with Crippen molar-refractivity contribution >= 4 is 32.7 Å². The lowest BCUT2D eigenvalue weighted by Gasteiger charge is -2.05. The number of hydrogen-bond donors (Lipinski definition) is 2. The molecular formula is C18H17BrN2O. The van der Waals surface area contributed by atoms with Crippen molar-refractivity contribution in [3.05, 3.63) is 70.3 Å². The molecule has 0 atom stereocenters. The van der Waals surface area contributed by atoms with Crippen LogP contribution < -0.4 is 5.32 Å². The molecule has 0 aliphatic rings. The molecule has 112 valence electrons. The number of para-hydroxylation sites is 1. The Hall–Kier alpha value is -2.07. The molecule has 0 saturated heterocycles. The van der Waals surface area contributed by atoms with Crippen LogP contribution >= 0.6 is 15.9 Å². The van der Waals surface area contributed by atoms with Crippen LogP contribution in [0.5, 0.6) is 0 Å². The Labute approximate surface area is 137 Å². The van der Waals surface area contributed by atoms with Gasteiger partial charge in [0.05, 0.1) is 6.42 Å². The zero-order valence-corrected chi connectivity index (χ0v) is 13.7. The standard InChI is InChI=1S/C18H17BrN2O/c19-15-5-3-4-13(10-15)11-18(22)20-9-8-14-12-21-17-7-2-1-6-16(14)17/h1-7,10,12,21H,8-9,11H2,(H,20,22). The van der Waals surface area contributed by atoms with Crippen LogP contribution in [-0.2, 0) is 17.6 Å². The number of fused-ring (bicyclic) bond motifs is 1. The molecule has 0 radical (unpaired) electrons. The molecule has 0 fully saturated rings. The second-order valence-electron chi connectivity index (χ2n) is 5.27. The Morgan fingerprint density at radius 3 is 2.86 bits per heavy atom. The summed E-state index contributed by atoms with van der Waals surface area (Å²) in [6, 6.07) is 16.0. The van der Waals surface area contributed by atoms with Gasteiger partial charge in [0.1, 0.15) is 0 Å². The van der Waals surface area contributed by atoms with Crippen LogP contribution in [0.1, 0.15) is 11.1 Å². The number of halogens is 1. The third-order valence-electron chi connectivity index (χ3n) is 3.65. The maximum atomic E-state index is 12.0. The minimum Gasteiger partial charge on any atom is -0.361 e. The highest BCUT2D eigenvalue weighted by Crippen LogP contribution is 2.17. The smallest absolute Gasteiger partial charge is 0.224 e. The van der Waals surface area contributed by atoms with Crippen molar-refractivity contribution in [2.75, 3.05) is 6.54 Å². The predicted molar refractivity (Wildman–Crippen MR) is 92.9 cm³/mol. The summed E-state index contributed by atoms with van der Waals surface area (Å²) in [6.45, 7) is 0.648. The zero-order valence-electron chi connectivity index (χ0n) is 12.1. The summed E-state index contributed by atoms with van der Waals surface area (Å²) in [4.78, 5) is 15.2. The van der Waals surface area contributed by atoms with Gasteiger partial charge in [0.25, 0.3) is 0 Å². The van der Waals surface area contributed by atoms with Crippen molar-refractivity contribution in [3.8, 4) is 0 Å². The number of hydrogen-bond acceptors (Lipinski definition) is 1. The van der Waals surface area contributed by atoms with Crippen LogP contribution in [0.4, 0.5) is 0 Å². The first kappa shape index (κ1) is 14.9. The Balaban J connectivity index is 1.53. The first-order valence-electron chi connectivity index (χ1n) is 7.28. The minimum atomic E-state index is 0.0536. The highest BCUT2D eigenvalue weighted by atomic mass is 79.9. The number of amides is 1. The lowest BCUT2D eigenvalue weighted by atomic mass is 10.1. The van der Waals surface area contributed by atoms with E-state index in [0.717, 1.165) is 22.0 Å². The monoisotopic (exact) mass is 356 g/mol. The molecule has 0 aliphatic carbocycles. The molecule has 0 unspecified atom stereocenters. The van der Waals surface area contributed by atoms with E-state index >= 15 is 0 Å². The summed E-state index contributed by atoms with van der Waals surface area (Å²) in [7, 11) is 0. The van der Waals surface area contributed by atoms with Gasteiger partial charge in [0, 0.05) is 28.1 Å². The van der Waals surface area contributed by atoms with Crippen molar-refractivity contribution in [3.63, 3.8) is 0 Å². The summed E-state index contributed by atoms with van der Waals surface area (Å²) in [6.07, 6.45) is 3.26. The van der Waals surface area contributed by atoms with Gasteiger partial charge in [-0.25, -0.2) is 0 Å². The normalized spacial score (nSPS) is 10.8. The maximum Gasteiger partial charge on any atom is 0.224 e. The number of aromatic amines is 1. The number of H-pyrrole nitrogens is 1. The largest absolute Gasteiger partial charge is 0.361 e.